The number of carbonyl (C=O) groups is 11. The molecule has 6 amide bonds. The number of nitrogens with one attached hydrogen (secondary N) is 6. The number of rotatable bonds is 46. The van der Waals surface area contributed by atoms with Gasteiger partial charge in [-0.2, -0.15) is 0 Å². The molecule has 4 heterocycles. The number of aliphatic hydroxyl groups excluding tert-OH is 8. The molecule has 0 aromatic heterocycles. The lowest BCUT2D eigenvalue weighted by atomic mass is 9.88. The number of aliphatic carboxylic acids is 1. The number of amides is 6. The Hall–Kier alpha value is -7.14. The second-order valence-electron chi connectivity index (χ2n) is 26.8. The summed E-state index contributed by atoms with van der Waals surface area (Å²) in [6, 6.07) is 1.80. The van der Waals surface area contributed by atoms with Crippen molar-refractivity contribution in [3.8, 4) is 0 Å². The summed E-state index contributed by atoms with van der Waals surface area (Å²) in [7, 11) is -5.61. The van der Waals surface area contributed by atoms with Crippen LogP contribution >= 0.6 is 7.82 Å². The third-order valence-electron chi connectivity index (χ3n) is 18.2. The monoisotopic (exact) mass is 1630 g/mol. The number of carboxylic acid groups (broad SMARTS) is 1. The summed E-state index contributed by atoms with van der Waals surface area (Å²) in [5.74, 6) is -12.6. The molecule has 4 fully saturated rings. The molecule has 0 spiro atoms. The van der Waals surface area contributed by atoms with Gasteiger partial charge < -0.3 is 144 Å². The first-order valence-corrected chi connectivity index (χ1v) is 38.5. The van der Waals surface area contributed by atoms with Gasteiger partial charge in [0, 0.05) is 65.0 Å². The van der Waals surface area contributed by atoms with Gasteiger partial charge in [-0.1, -0.05) is 78.3 Å². The molecule has 4 aliphatic rings. The van der Waals surface area contributed by atoms with Gasteiger partial charge in [-0.25, -0.2) is 9.36 Å². The predicted molar refractivity (Wildman–Crippen MR) is 375 cm³/mol. The molecule has 1 aromatic rings. The van der Waals surface area contributed by atoms with E-state index in [1.54, 1.807) is 44.2 Å². The fourth-order valence-corrected chi connectivity index (χ4v) is 12.8. The third kappa shape index (κ3) is 29.6. The molecule has 0 saturated carbocycles. The van der Waals surface area contributed by atoms with Gasteiger partial charge in [0.1, 0.15) is 91.4 Å². The summed E-state index contributed by atoms with van der Waals surface area (Å²) in [5.41, 5.74) is 0.540. The second kappa shape index (κ2) is 47.0. The van der Waals surface area contributed by atoms with E-state index in [0.29, 0.717) is 18.4 Å². The summed E-state index contributed by atoms with van der Waals surface area (Å²) in [6.45, 7) is 4.92. The lowest BCUT2D eigenvalue weighted by Crippen LogP contribution is -2.69. The van der Waals surface area contributed by atoms with Crippen LogP contribution in [-0.4, -0.2) is 314 Å². The van der Waals surface area contributed by atoms with Gasteiger partial charge in [0.15, 0.2) is 31.1 Å². The number of hydrogen-bond donors (Lipinski definition) is 17. The molecule has 43 heteroatoms. The number of hydrogen-bond acceptors (Lipinski definition) is 33. The molecule has 0 bridgehead atoms. The van der Waals surface area contributed by atoms with Crippen molar-refractivity contribution in [3.05, 3.63) is 35.9 Å². The van der Waals surface area contributed by atoms with Gasteiger partial charge in [-0.05, 0) is 24.8 Å². The van der Waals surface area contributed by atoms with Gasteiger partial charge in [-0.3, -0.25) is 52.5 Å². The standard InChI is InChI=1S/C69H109N6O36P/c1-8-14-20-46(83)73-55-62(108-51(88)13-6)59(92)42(33-101-67-56(75-48(85)28-37(9-2)103-49(86)11-4)64(61(41(32-77)105-67)111-112(96,97)98)109-52(89)29-38(10-3)104-50(87)12-5)106-66(55)100-26-24-71-45(82)22-21-44(81)70-23-25-99-65-54(72-35(7)78)60(93)58(91)43(107-65)34-102-69(68(94)95)30-39(79)53(63(110-69)57(90)40(80)31-76)74-47(84)27-36-18-16-15-17-19-36/h15-19,37-43,53-67,76-77,79-80,90-93H,8-14,20-34H2,1-7H3,(H,70,81)(H,71,82)(H,72,78)(H,73,83)(H,74,84)(H,75,85)(H,94,95)(H2,96,97,98)/t37-,38-,39-,40-,41?,42?,43?,53-,54?,55?,56?,57-,58+,59-,60-,61-,62-,63?,64-,65-,66-,67-,69-/m1/s1. The average molecular weight is 1630 g/mol. The Balaban J connectivity index is 1.27. The SMILES string of the molecule is CCCCC(=O)NC1[C@H](OCCNC(=O)CCC(=O)NCCO[C@@H]2OC(CO[C@]3(C(=O)O)C[C@@H](O)[C@@H](NC(=O)Cc4ccccc4)C([C@H](O)[C@H](O)CO)O3)[C@H](O)[C@H](O)C2NC(C)=O)OC(CO[C@@H]2OC(CO)[C@@H](OP(=O)(O)O)[C@H](OC(=O)C[C@@H](CC)OC(=O)CC)C2NC(=O)C[C@@H](CC)OC(=O)CC)[C@@H](O)[C@@H]1OC(=O)CC. The van der Waals surface area contributed by atoms with Crippen molar-refractivity contribution in [2.45, 2.75) is 279 Å². The fraction of sp³-hybridized carbons (Fsp3) is 0.754. The topological polar surface area (TPSA) is 620 Å². The Kier molecular flexibility index (Phi) is 40.1. The van der Waals surface area contributed by atoms with E-state index in [1.165, 1.54) is 20.8 Å². The molecule has 0 radical (unpaired) electrons. The molecule has 4 aliphatic heterocycles. The zero-order chi connectivity index (χ0) is 83.2. The smallest absolute Gasteiger partial charge is 0.470 e. The molecule has 4 saturated heterocycles. The van der Waals surface area contributed by atoms with Gasteiger partial charge in [0.25, 0.3) is 5.79 Å². The van der Waals surface area contributed by atoms with Crippen LogP contribution in [0.4, 0.5) is 0 Å². The number of ether oxygens (including phenoxy) is 12. The summed E-state index contributed by atoms with van der Waals surface area (Å²) in [6.07, 6.45) is -35.0. The Morgan fingerprint density at radius 2 is 1.11 bits per heavy atom. The van der Waals surface area contributed by atoms with Crippen molar-refractivity contribution in [3.63, 3.8) is 0 Å². The van der Waals surface area contributed by atoms with E-state index in [0.717, 1.165) is 6.92 Å². The number of aliphatic hydroxyl groups is 8. The number of carbonyl (C=O) groups excluding carboxylic acids is 10. The average Bonchev–Trinajstić information content (AvgIpc) is 0.771. The van der Waals surface area contributed by atoms with E-state index in [4.69, 9.17) is 61.4 Å². The lowest BCUT2D eigenvalue weighted by molar-refractivity contribution is -0.330. The summed E-state index contributed by atoms with van der Waals surface area (Å²) in [5, 5.41) is 113. The van der Waals surface area contributed by atoms with Crippen molar-refractivity contribution in [1.82, 2.24) is 31.9 Å². The molecule has 0 aliphatic carbocycles. The molecule has 17 N–H and O–H groups in total. The number of esters is 4. The van der Waals surface area contributed by atoms with Crippen molar-refractivity contribution in [1.29, 1.82) is 0 Å². The quantitative estimate of drug-likeness (QED) is 0.0126. The zero-order valence-corrected chi connectivity index (χ0v) is 64.1. The van der Waals surface area contributed by atoms with E-state index in [9.17, 15) is 113 Å². The molecule has 7 unspecified atom stereocenters. The summed E-state index contributed by atoms with van der Waals surface area (Å²) in [4.78, 5) is 164. The van der Waals surface area contributed by atoms with Gasteiger partial charge in [0.2, 0.25) is 35.4 Å². The predicted octanol–water partition coefficient (Wildman–Crippen LogP) is -4.69. The van der Waals surface area contributed by atoms with Crippen LogP contribution in [0.15, 0.2) is 30.3 Å². The first kappa shape index (κ1) is 95.4. The molecular formula is C69H109N6O36P. The van der Waals surface area contributed by atoms with Crippen LogP contribution in [0.5, 0.6) is 0 Å². The van der Waals surface area contributed by atoms with E-state index in [-0.39, 0.29) is 58.0 Å². The van der Waals surface area contributed by atoms with Crippen LogP contribution in [0.1, 0.15) is 138 Å². The van der Waals surface area contributed by atoms with Crippen LogP contribution in [0.25, 0.3) is 0 Å². The van der Waals surface area contributed by atoms with Crippen LogP contribution < -0.4 is 31.9 Å². The Labute approximate surface area is 644 Å². The number of benzene rings is 1. The maximum Gasteiger partial charge on any atom is 0.470 e. The van der Waals surface area contributed by atoms with Crippen molar-refractivity contribution >= 4 is 73.1 Å². The van der Waals surface area contributed by atoms with Crippen molar-refractivity contribution in [2.24, 2.45) is 0 Å². The molecular weight excluding hydrogens is 1520 g/mol. The summed E-state index contributed by atoms with van der Waals surface area (Å²) >= 11 is 0. The van der Waals surface area contributed by atoms with Gasteiger partial charge in [-0.15, -0.1) is 0 Å². The van der Waals surface area contributed by atoms with E-state index >= 15 is 0 Å². The third-order valence-corrected chi connectivity index (χ3v) is 18.7. The van der Waals surface area contributed by atoms with Crippen LogP contribution in [0, 0.1) is 0 Å². The Morgan fingerprint density at radius 3 is 1.64 bits per heavy atom. The number of unbranched alkanes of at least 4 members (excludes halogenated alkanes) is 1. The first-order chi connectivity index (χ1) is 53.1. The highest BCUT2D eigenvalue weighted by atomic mass is 31.2. The minimum absolute atomic E-state index is 0.0602. The molecule has 5 rings (SSSR count). The van der Waals surface area contributed by atoms with E-state index in [1.807, 2.05) is 6.92 Å². The van der Waals surface area contributed by atoms with Gasteiger partial charge in [0.05, 0.1) is 71.0 Å². The normalized spacial score (nSPS) is 29.0. The Morgan fingerprint density at radius 1 is 0.580 bits per heavy atom. The maximum atomic E-state index is 14.0. The van der Waals surface area contributed by atoms with Crippen LogP contribution in [0.2, 0.25) is 0 Å². The molecule has 1 aromatic carbocycles. The minimum Gasteiger partial charge on any atom is -0.477 e. The van der Waals surface area contributed by atoms with E-state index < -0.39 is 285 Å². The van der Waals surface area contributed by atoms with E-state index in [2.05, 4.69) is 31.9 Å². The molecule has 23 atom stereocenters. The first-order valence-electron chi connectivity index (χ1n) is 37.0. The molecule has 112 heavy (non-hydrogen) atoms. The zero-order valence-electron chi connectivity index (χ0n) is 63.2. The molecule has 636 valence electrons. The largest absolute Gasteiger partial charge is 0.477 e. The van der Waals surface area contributed by atoms with Gasteiger partial charge >= 0.3 is 37.7 Å². The van der Waals surface area contributed by atoms with Crippen LogP contribution in [0.3, 0.4) is 0 Å². The van der Waals surface area contributed by atoms with Crippen LogP contribution in [-0.2, 0) is 125 Å². The maximum absolute atomic E-state index is 14.0. The fourth-order valence-electron chi connectivity index (χ4n) is 12.2. The summed E-state index contributed by atoms with van der Waals surface area (Å²) < 4.78 is 87.4. The minimum atomic E-state index is -5.61. The highest BCUT2D eigenvalue weighted by molar-refractivity contribution is 7.46. The highest BCUT2D eigenvalue weighted by Crippen LogP contribution is 2.43. The van der Waals surface area contributed by atoms with Crippen molar-refractivity contribution in [2.75, 3.05) is 52.7 Å². The molecule has 42 nitrogen and oxygen atoms in total. The van der Waals surface area contributed by atoms with Crippen molar-refractivity contribution < 1.29 is 174 Å². The number of carboxylic acids is 1. The number of phosphoric acid groups is 1. The highest BCUT2D eigenvalue weighted by Gasteiger charge is 2.58. The number of phosphoric ester groups is 1. The Bertz CT molecular complexity index is 3250. The second-order valence-corrected chi connectivity index (χ2v) is 28.0. The lowest BCUT2D eigenvalue weighted by Gasteiger charge is -2.47.